The number of benzene rings is 1. The van der Waals surface area contributed by atoms with Crippen molar-refractivity contribution in [3.8, 4) is 0 Å². The van der Waals surface area contributed by atoms with Crippen molar-refractivity contribution in [1.82, 2.24) is 5.06 Å². The third kappa shape index (κ3) is 18.1. The summed E-state index contributed by atoms with van der Waals surface area (Å²) in [6.07, 6.45) is 0.690. The second-order valence-corrected chi connectivity index (χ2v) is 12.1. The zero-order chi connectivity index (χ0) is 39.5. The molecule has 1 saturated heterocycles. The fourth-order valence-electron chi connectivity index (χ4n) is 5.15. The molecule has 17 heteroatoms. The van der Waals surface area contributed by atoms with E-state index < -0.39 is 23.4 Å². The summed E-state index contributed by atoms with van der Waals surface area (Å²) < 4.78 is 49.0. The van der Waals surface area contributed by atoms with Crippen LogP contribution < -0.4 is 10.5 Å². The predicted molar refractivity (Wildman–Crippen MR) is 198 cm³/mol. The van der Waals surface area contributed by atoms with Crippen LogP contribution in [0.1, 0.15) is 56.3 Å². The Hall–Kier alpha value is -3.81. The highest BCUT2D eigenvalue weighted by atomic mass is 16.7. The van der Waals surface area contributed by atoms with E-state index in [1.54, 1.807) is 6.07 Å². The van der Waals surface area contributed by atoms with Crippen molar-refractivity contribution in [2.45, 2.75) is 46.0 Å². The topological polar surface area (TPSA) is 188 Å². The Kier molecular flexibility index (Phi) is 23.0. The lowest BCUT2D eigenvalue weighted by Gasteiger charge is -2.20. The van der Waals surface area contributed by atoms with Gasteiger partial charge in [-0.05, 0) is 38.5 Å². The first kappa shape index (κ1) is 45.6. The third-order valence-electron chi connectivity index (χ3n) is 8.09. The summed E-state index contributed by atoms with van der Waals surface area (Å²) in [7, 11) is 0. The van der Waals surface area contributed by atoms with Gasteiger partial charge in [0.25, 0.3) is 11.8 Å². The average molecular weight is 781 g/mol. The fourth-order valence-corrected chi connectivity index (χ4v) is 5.15. The number of imide groups is 1. The number of ketones is 1. The summed E-state index contributed by atoms with van der Waals surface area (Å²) in [6.45, 7) is 11.9. The molecule has 1 fully saturated rings. The summed E-state index contributed by atoms with van der Waals surface area (Å²) in [5, 5.41) is 1.23. The van der Waals surface area contributed by atoms with Crippen molar-refractivity contribution in [1.29, 1.82) is 0 Å². The van der Waals surface area contributed by atoms with Crippen LogP contribution in [0.25, 0.3) is 11.0 Å². The number of hydroxylamine groups is 2. The zero-order valence-corrected chi connectivity index (χ0v) is 32.1. The highest BCUT2D eigenvalue weighted by molar-refractivity contribution is 6.01. The first-order valence-corrected chi connectivity index (χ1v) is 18.9. The molecular weight excluding hydrogens is 724 g/mol. The molecule has 1 aromatic heterocycles. The molecule has 1 aliphatic heterocycles. The van der Waals surface area contributed by atoms with Crippen LogP contribution in [0.4, 0.5) is 5.69 Å². The number of hydrogen-bond acceptors (Lipinski definition) is 16. The highest BCUT2D eigenvalue weighted by Crippen LogP contribution is 2.22. The third-order valence-corrected chi connectivity index (χ3v) is 8.09. The number of anilines is 1. The lowest BCUT2D eigenvalue weighted by atomic mass is 10.1. The van der Waals surface area contributed by atoms with E-state index in [2.05, 4.69) is 18.7 Å². The molecule has 0 saturated carbocycles. The Bertz CT molecular complexity index is 1480. The van der Waals surface area contributed by atoms with E-state index in [-0.39, 0.29) is 50.2 Å². The van der Waals surface area contributed by atoms with Gasteiger partial charge in [0.15, 0.2) is 5.78 Å². The lowest BCUT2D eigenvalue weighted by Crippen LogP contribution is -2.32. The van der Waals surface area contributed by atoms with Crippen molar-refractivity contribution in [3.63, 3.8) is 0 Å². The molecule has 1 aromatic carbocycles. The lowest BCUT2D eigenvalue weighted by molar-refractivity contribution is -0.198. The molecule has 2 amide bonds. The van der Waals surface area contributed by atoms with Crippen LogP contribution in [0.5, 0.6) is 0 Å². The van der Waals surface area contributed by atoms with Crippen molar-refractivity contribution >= 4 is 40.2 Å². The zero-order valence-electron chi connectivity index (χ0n) is 32.1. The summed E-state index contributed by atoms with van der Waals surface area (Å²) in [5.41, 5.74) is 0.877. The number of ether oxygens (including phenoxy) is 8. The van der Waals surface area contributed by atoms with E-state index in [0.717, 1.165) is 18.8 Å². The summed E-state index contributed by atoms with van der Waals surface area (Å²) in [5.74, 6) is -2.00. The number of amides is 2. The van der Waals surface area contributed by atoms with Crippen LogP contribution in [0.3, 0.4) is 0 Å². The minimum atomic E-state index is -0.707. The molecule has 2 heterocycles. The van der Waals surface area contributed by atoms with Crippen molar-refractivity contribution in [2.24, 2.45) is 0 Å². The number of carbonyl (C=O) groups is 4. The molecule has 0 atom stereocenters. The number of carbonyl (C=O) groups excluding carboxylic acids is 4. The van der Waals surface area contributed by atoms with E-state index >= 15 is 0 Å². The molecule has 0 aliphatic carbocycles. The number of hydrogen-bond donors (Lipinski definition) is 0. The highest BCUT2D eigenvalue weighted by Gasteiger charge is 2.32. The molecule has 0 bridgehead atoms. The molecular formula is C38H56N2O15. The van der Waals surface area contributed by atoms with Crippen molar-refractivity contribution in [3.05, 3.63) is 40.2 Å². The summed E-state index contributed by atoms with van der Waals surface area (Å²) in [6, 6.07) is 7.28. The Labute approximate surface area is 321 Å². The number of fused-ring (bicyclic) bond motifs is 1. The van der Waals surface area contributed by atoms with Crippen LogP contribution in [0, 0.1) is 0 Å². The van der Waals surface area contributed by atoms with Crippen LogP contribution in [-0.4, -0.2) is 147 Å². The van der Waals surface area contributed by atoms with Crippen LogP contribution in [-0.2, 0) is 57.1 Å². The van der Waals surface area contributed by atoms with E-state index in [1.165, 1.54) is 0 Å². The van der Waals surface area contributed by atoms with Gasteiger partial charge >= 0.3 is 11.6 Å². The molecule has 0 radical (unpaired) electrons. The molecule has 3 rings (SSSR count). The predicted octanol–water partition coefficient (Wildman–Crippen LogP) is 2.73. The van der Waals surface area contributed by atoms with Gasteiger partial charge in [-0.25, -0.2) is 9.59 Å². The van der Waals surface area contributed by atoms with Crippen molar-refractivity contribution < 1.29 is 66.3 Å². The Morgan fingerprint density at radius 1 is 0.618 bits per heavy atom. The quantitative estimate of drug-likeness (QED) is 0.0445. The van der Waals surface area contributed by atoms with Gasteiger partial charge in [0.05, 0.1) is 106 Å². The average Bonchev–Trinajstić information content (AvgIpc) is 3.49. The minimum absolute atomic E-state index is 0.0522. The monoisotopic (exact) mass is 780 g/mol. The van der Waals surface area contributed by atoms with Gasteiger partial charge in [-0.1, -0.05) is 0 Å². The van der Waals surface area contributed by atoms with Gasteiger partial charge in [0.1, 0.15) is 11.1 Å². The Morgan fingerprint density at radius 2 is 1.07 bits per heavy atom. The number of Topliss-reactive ketones (excluding diaryl/α,β-unsaturated/α-hetero) is 1. The van der Waals surface area contributed by atoms with Crippen LogP contribution in [0.2, 0.25) is 0 Å². The van der Waals surface area contributed by atoms with Crippen molar-refractivity contribution in [2.75, 3.05) is 124 Å². The molecule has 17 nitrogen and oxygen atoms in total. The molecule has 2 aromatic rings. The van der Waals surface area contributed by atoms with E-state index in [9.17, 15) is 24.0 Å². The Morgan fingerprint density at radius 3 is 1.55 bits per heavy atom. The normalized spacial score (nSPS) is 12.9. The largest absolute Gasteiger partial charge is 0.422 e. The van der Waals surface area contributed by atoms with Gasteiger partial charge in [-0.15, -0.1) is 5.06 Å². The van der Waals surface area contributed by atoms with E-state index in [4.69, 9.17) is 47.1 Å². The number of nitrogens with zero attached hydrogens (tertiary/aromatic N) is 2. The van der Waals surface area contributed by atoms with Gasteiger partial charge in [-0.2, -0.15) is 0 Å². The second kappa shape index (κ2) is 27.7. The smallest absolute Gasteiger partial charge is 0.347 e. The van der Waals surface area contributed by atoms with Gasteiger partial charge < -0.3 is 52.0 Å². The maximum atomic E-state index is 12.7. The molecule has 308 valence electrons. The summed E-state index contributed by atoms with van der Waals surface area (Å²) >= 11 is 0. The SMILES string of the molecule is CCN(CC)c1ccc2cc(C(=O)CCCOCCOCCOCCOCCOCCOCCOCCOCCC(=O)ON3C(=O)CCC3=O)c(=O)oc2c1. The standard InChI is InChI=1S/C38H56N2O15/c1-3-39(4-2)31-8-7-30-28-32(38(45)54-34(30)29-31)33(41)6-5-12-46-14-16-48-18-20-50-22-24-52-26-27-53-25-23-51-21-19-49-17-15-47-13-11-37(44)55-40-35(42)9-10-36(40)43/h7-8,28-29H,3-6,9-27H2,1-2H3. The first-order valence-electron chi connectivity index (χ1n) is 18.9. The Balaban J connectivity index is 1.01. The number of rotatable bonds is 33. The fraction of sp³-hybridized carbons (Fsp3) is 0.658. The molecule has 55 heavy (non-hydrogen) atoms. The first-order chi connectivity index (χ1) is 26.8. The summed E-state index contributed by atoms with van der Waals surface area (Å²) in [4.78, 5) is 66.5. The maximum absolute atomic E-state index is 12.7. The second-order valence-electron chi connectivity index (χ2n) is 12.1. The molecule has 1 aliphatic rings. The molecule has 0 N–H and O–H groups in total. The molecule has 0 unspecified atom stereocenters. The van der Waals surface area contributed by atoms with Crippen LogP contribution >= 0.6 is 0 Å². The van der Waals surface area contributed by atoms with Gasteiger partial charge in [-0.3, -0.25) is 14.4 Å². The van der Waals surface area contributed by atoms with E-state index in [1.807, 2.05) is 18.2 Å². The minimum Gasteiger partial charge on any atom is -0.422 e. The van der Waals surface area contributed by atoms with E-state index in [0.29, 0.717) is 115 Å². The van der Waals surface area contributed by atoms with Gasteiger partial charge in [0.2, 0.25) is 0 Å². The maximum Gasteiger partial charge on any atom is 0.347 e. The van der Waals surface area contributed by atoms with Gasteiger partial charge in [0, 0.05) is 56.1 Å². The molecule has 0 spiro atoms. The van der Waals surface area contributed by atoms with Crippen LogP contribution in [0.15, 0.2) is 33.5 Å².